The zero-order valence-corrected chi connectivity index (χ0v) is 17.2. The average molecular weight is 352 g/mol. The molecular formula is C23H45NO. The Labute approximate surface area is 157 Å². The summed E-state index contributed by atoms with van der Waals surface area (Å²) in [6.45, 7) is 6.88. The number of ether oxygens (including phenoxy) is 1. The third-order valence-electron chi connectivity index (χ3n) is 6.62. The molecule has 0 spiro atoms. The van der Waals surface area contributed by atoms with Gasteiger partial charge in [-0.3, -0.25) is 0 Å². The SMILES string of the molecule is CCCCCCCN[C@H]1CC[C@H](CO[C@H]2CC[C@H](CCC)CC2)CC1. The lowest BCUT2D eigenvalue weighted by Gasteiger charge is -2.32. The van der Waals surface area contributed by atoms with E-state index in [1.807, 2.05) is 0 Å². The molecule has 25 heavy (non-hydrogen) atoms. The van der Waals surface area contributed by atoms with Crippen LogP contribution < -0.4 is 5.32 Å². The van der Waals surface area contributed by atoms with E-state index in [2.05, 4.69) is 19.2 Å². The number of hydrogen-bond acceptors (Lipinski definition) is 2. The maximum atomic E-state index is 6.30. The highest BCUT2D eigenvalue weighted by atomic mass is 16.5. The Bertz CT molecular complexity index is 303. The van der Waals surface area contributed by atoms with Gasteiger partial charge in [0.15, 0.2) is 0 Å². The standard InChI is InChI=1S/C23H45NO/c1-3-5-6-7-8-18-24-22-14-10-21(11-15-22)19-25-23-16-12-20(9-4-2)13-17-23/h20-24H,3-19H2,1-2H3/t20-,21-,22-,23-. The van der Waals surface area contributed by atoms with Gasteiger partial charge in [-0.2, -0.15) is 0 Å². The number of rotatable bonds is 12. The van der Waals surface area contributed by atoms with Crippen LogP contribution in [0.15, 0.2) is 0 Å². The first kappa shape index (κ1) is 21.2. The van der Waals surface area contributed by atoms with Crippen LogP contribution in [0.2, 0.25) is 0 Å². The molecule has 1 N–H and O–H groups in total. The van der Waals surface area contributed by atoms with Gasteiger partial charge in [-0.1, -0.05) is 52.4 Å². The van der Waals surface area contributed by atoms with Crippen molar-refractivity contribution in [3.05, 3.63) is 0 Å². The largest absolute Gasteiger partial charge is 0.378 e. The van der Waals surface area contributed by atoms with Crippen molar-refractivity contribution in [2.45, 2.75) is 122 Å². The van der Waals surface area contributed by atoms with Crippen molar-refractivity contribution in [3.63, 3.8) is 0 Å². The van der Waals surface area contributed by atoms with Crippen molar-refractivity contribution in [1.82, 2.24) is 5.32 Å². The fourth-order valence-electron chi connectivity index (χ4n) is 4.84. The Morgan fingerprint density at radius 1 is 0.720 bits per heavy atom. The molecule has 2 rings (SSSR count). The molecule has 2 heteroatoms. The van der Waals surface area contributed by atoms with Crippen molar-refractivity contribution in [2.75, 3.05) is 13.2 Å². The summed E-state index contributed by atoms with van der Waals surface area (Å²) < 4.78 is 6.30. The van der Waals surface area contributed by atoms with Gasteiger partial charge in [0, 0.05) is 12.6 Å². The van der Waals surface area contributed by atoms with Gasteiger partial charge in [0.2, 0.25) is 0 Å². The van der Waals surface area contributed by atoms with Gasteiger partial charge in [-0.25, -0.2) is 0 Å². The third-order valence-corrected chi connectivity index (χ3v) is 6.62. The van der Waals surface area contributed by atoms with E-state index >= 15 is 0 Å². The first-order valence-electron chi connectivity index (χ1n) is 11.7. The Morgan fingerprint density at radius 2 is 1.40 bits per heavy atom. The molecular weight excluding hydrogens is 306 g/mol. The molecule has 2 nitrogen and oxygen atoms in total. The van der Waals surface area contributed by atoms with E-state index in [0.29, 0.717) is 6.10 Å². The lowest BCUT2D eigenvalue weighted by atomic mass is 9.84. The van der Waals surface area contributed by atoms with Crippen LogP contribution in [-0.2, 0) is 4.74 Å². The van der Waals surface area contributed by atoms with Gasteiger partial charge in [-0.05, 0) is 76.2 Å². The first-order valence-corrected chi connectivity index (χ1v) is 11.7. The molecule has 2 fully saturated rings. The second kappa shape index (κ2) is 13.1. The van der Waals surface area contributed by atoms with Crippen LogP contribution in [0, 0.1) is 11.8 Å². The van der Waals surface area contributed by atoms with Crippen LogP contribution in [-0.4, -0.2) is 25.3 Å². The van der Waals surface area contributed by atoms with E-state index in [1.54, 1.807) is 0 Å². The van der Waals surface area contributed by atoms with Crippen molar-refractivity contribution < 1.29 is 4.74 Å². The average Bonchev–Trinajstić information content (AvgIpc) is 2.65. The van der Waals surface area contributed by atoms with Crippen LogP contribution in [0.3, 0.4) is 0 Å². The lowest BCUT2D eigenvalue weighted by molar-refractivity contribution is -0.00885. The van der Waals surface area contributed by atoms with E-state index in [0.717, 1.165) is 24.5 Å². The molecule has 0 aromatic heterocycles. The maximum absolute atomic E-state index is 6.30. The van der Waals surface area contributed by atoms with Crippen LogP contribution in [0.4, 0.5) is 0 Å². The molecule has 148 valence electrons. The van der Waals surface area contributed by atoms with Crippen LogP contribution in [0.25, 0.3) is 0 Å². The van der Waals surface area contributed by atoms with Crippen molar-refractivity contribution >= 4 is 0 Å². The highest BCUT2D eigenvalue weighted by Gasteiger charge is 2.24. The molecule has 0 bridgehead atoms. The van der Waals surface area contributed by atoms with E-state index < -0.39 is 0 Å². The quantitative estimate of drug-likeness (QED) is 0.406. The lowest BCUT2D eigenvalue weighted by Crippen LogP contribution is -2.35. The summed E-state index contributed by atoms with van der Waals surface area (Å²) in [5.41, 5.74) is 0. The fourth-order valence-corrected chi connectivity index (χ4v) is 4.84. The molecule has 2 aliphatic carbocycles. The van der Waals surface area contributed by atoms with Crippen molar-refractivity contribution in [3.8, 4) is 0 Å². The topological polar surface area (TPSA) is 21.3 Å². The monoisotopic (exact) mass is 351 g/mol. The predicted molar refractivity (Wildman–Crippen MR) is 109 cm³/mol. The number of unbranched alkanes of at least 4 members (excludes halogenated alkanes) is 4. The molecule has 2 aliphatic rings. The Morgan fingerprint density at radius 3 is 2.08 bits per heavy atom. The maximum Gasteiger partial charge on any atom is 0.0575 e. The molecule has 0 aliphatic heterocycles. The molecule has 0 radical (unpaired) electrons. The number of nitrogens with one attached hydrogen (secondary N) is 1. The predicted octanol–water partition coefficient (Wildman–Crippen LogP) is 6.48. The normalized spacial score (nSPS) is 30.5. The van der Waals surface area contributed by atoms with Gasteiger partial charge >= 0.3 is 0 Å². The van der Waals surface area contributed by atoms with Gasteiger partial charge in [-0.15, -0.1) is 0 Å². The summed E-state index contributed by atoms with van der Waals surface area (Å²) >= 11 is 0. The molecule has 0 saturated heterocycles. The smallest absolute Gasteiger partial charge is 0.0575 e. The van der Waals surface area contributed by atoms with Gasteiger partial charge < -0.3 is 10.1 Å². The Balaban J connectivity index is 1.46. The Kier molecular flexibility index (Phi) is 11.2. The number of hydrogen-bond donors (Lipinski definition) is 1. The Hall–Kier alpha value is -0.0800. The summed E-state index contributed by atoms with van der Waals surface area (Å²) in [6.07, 6.45) is 21.2. The molecule has 0 unspecified atom stereocenters. The van der Waals surface area contributed by atoms with Crippen LogP contribution >= 0.6 is 0 Å². The van der Waals surface area contributed by atoms with Gasteiger partial charge in [0.05, 0.1) is 6.10 Å². The molecule has 0 amide bonds. The van der Waals surface area contributed by atoms with E-state index in [4.69, 9.17) is 4.74 Å². The highest BCUT2D eigenvalue weighted by molar-refractivity contribution is 4.78. The molecule has 0 aromatic carbocycles. The van der Waals surface area contributed by atoms with E-state index in [9.17, 15) is 0 Å². The first-order chi connectivity index (χ1) is 12.3. The summed E-state index contributed by atoms with van der Waals surface area (Å²) in [5, 5.41) is 3.80. The van der Waals surface area contributed by atoms with Gasteiger partial charge in [0.25, 0.3) is 0 Å². The van der Waals surface area contributed by atoms with Crippen LogP contribution in [0.5, 0.6) is 0 Å². The molecule has 0 aromatic rings. The van der Waals surface area contributed by atoms with E-state index in [1.165, 1.54) is 103 Å². The second-order valence-electron chi connectivity index (χ2n) is 8.85. The summed E-state index contributed by atoms with van der Waals surface area (Å²) in [5.74, 6) is 1.82. The molecule has 0 heterocycles. The second-order valence-corrected chi connectivity index (χ2v) is 8.85. The minimum atomic E-state index is 0.576. The minimum absolute atomic E-state index is 0.576. The summed E-state index contributed by atoms with van der Waals surface area (Å²) in [6, 6.07) is 0.784. The zero-order chi connectivity index (χ0) is 17.7. The summed E-state index contributed by atoms with van der Waals surface area (Å²) in [7, 11) is 0. The minimum Gasteiger partial charge on any atom is -0.378 e. The van der Waals surface area contributed by atoms with Gasteiger partial charge in [0.1, 0.15) is 0 Å². The fraction of sp³-hybridized carbons (Fsp3) is 1.00. The molecule has 2 saturated carbocycles. The molecule has 0 atom stereocenters. The van der Waals surface area contributed by atoms with Crippen molar-refractivity contribution in [1.29, 1.82) is 0 Å². The highest BCUT2D eigenvalue weighted by Crippen LogP contribution is 2.31. The zero-order valence-electron chi connectivity index (χ0n) is 17.2. The van der Waals surface area contributed by atoms with E-state index in [-0.39, 0.29) is 0 Å². The van der Waals surface area contributed by atoms with Crippen molar-refractivity contribution in [2.24, 2.45) is 11.8 Å². The third kappa shape index (κ3) is 8.91. The summed E-state index contributed by atoms with van der Waals surface area (Å²) in [4.78, 5) is 0. The van der Waals surface area contributed by atoms with Crippen LogP contribution in [0.1, 0.15) is 110 Å².